The molecule has 2 N–H and O–H groups in total. The lowest BCUT2D eigenvalue weighted by atomic mass is 9.80. The Bertz CT molecular complexity index is 1060. The van der Waals surface area contributed by atoms with Gasteiger partial charge in [-0.15, -0.1) is 0 Å². The van der Waals surface area contributed by atoms with Gasteiger partial charge in [-0.25, -0.2) is 4.79 Å². The van der Waals surface area contributed by atoms with Crippen molar-refractivity contribution < 1.29 is 24.2 Å². The summed E-state index contributed by atoms with van der Waals surface area (Å²) in [5.74, 6) is -0.880. The number of carboxylic acids is 1. The first-order valence-corrected chi connectivity index (χ1v) is 12.3. The highest BCUT2D eigenvalue weighted by Gasteiger charge is 2.38. The van der Waals surface area contributed by atoms with E-state index in [9.17, 15) is 19.5 Å². The van der Waals surface area contributed by atoms with Crippen molar-refractivity contribution in [1.82, 2.24) is 10.2 Å². The molecular formula is C28H34N2O5. The monoisotopic (exact) mass is 478 g/mol. The summed E-state index contributed by atoms with van der Waals surface area (Å²) in [6.07, 6.45) is 0.488. The Morgan fingerprint density at radius 3 is 2.09 bits per heavy atom. The summed E-state index contributed by atoms with van der Waals surface area (Å²) in [6.45, 7) is 6.69. The molecule has 0 spiro atoms. The number of rotatable bonds is 7. The number of fused-ring (bicyclic) bond motifs is 3. The van der Waals surface area contributed by atoms with E-state index in [0.29, 0.717) is 25.9 Å². The molecular weight excluding hydrogens is 444 g/mol. The van der Waals surface area contributed by atoms with Crippen LogP contribution in [0.15, 0.2) is 48.5 Å². The van der Waals surface area contributed by atoms with E-state index in [1.165, 1.54) is 11.1 Å². The third kappa shape index (κ3) is 5.19. The molecule has 2 aliphatic rings. The average Bonchev–Trinajstić information content (AvgIpc) is 3.16. The van der Waals surface area contributed by atoms with Crippen LogP contribution in [0.5, 0.6) is 0 Å². The Morgan fingerprint density at radius 1 is 1.03 bits per heavy atom. The molecule has 0 saturated carbocycles. The first-order valence-electron chi connectivity index (χ1n) is 12.3. The third-order valence-electron chi connectivity index (χ3n) is 7.58. The number of nitrogens with one attached hydrogen (secondary N) is 1. The number of carbonyl (C=O) groups excluding carboxylic acids is 2. The molecule has 1 atom stereocenters. The van der Waals surface area contributed by atoms with Crippen LogP contribution in [0.25, 0.3) is 11.1 Å². The molecule has 1 heterocycles. The summed E-state index contributed by atoms with van der Waals surface area (Å²) in [7, 11) is 0. The Morgan fingerprint density at radius 2 is 1.57 bits per heavy atom. The standard InChI is InChI=1S/C28H34N2O5/c1-18(2)24(16-25(31)30-14-12-28(3,13-15-30)26(32)33)29-27(34)35-17-23-21-10-6-4-8-19(21)20-9-5-7-11-22(20)23/h4-11,18,23-24H,12-17H2,1-3H3,(H,29,34)(H,32,33). The van der Waals surface area contributed by atoms with Gasteiger partial charge in [0.2, 0.25) is 5.91 Å². The molecule has 0 radical (unpaired) electrons. The molecule has 2 amide bonds. The van der Waals surface area contributed by atoms with Crippen molar-refractivity contribution >= 4 is 18.0 Å². The van der Waals surface area contributed by atoms with Gasteiger partial charge in [0.15, 0.2) is 0 Å². The molecule has 1 aliphatic heterocycles. The van der Waals surface area contributed by atoms with E-state index in [0.717, 1.165) is 11.1 Å². The van der Waals surface area contributed by atoms with Gasteiger partial charge in [0.25, 0.3) is 0 Å². The predicted octanol–water partition coefficient (Wildman–Crippen LogP) is 4.65. The number of aliphatic carboxylic acids is 1. The molecule has 1 aliphatic carbocycles. The van der Waals surface area contributed by atoms with Gasteiger partial charge in [-0.3, -0.25) is 9.59 Å². The zero-order chi connectivity index (χ0) is 25.2. The van der Waals surface area contributed by atoms with Gasteiger partial charge in [0.1, 0.15) is 6.61 Å². The van der Waals surface area contributed by atoms with Gasteiger partial charge in [-0.05, 0) is 47.9 Å². The van der Waals surface area contributed by atoms with Crippen LogP contribution in [0.3, 0.4) is 0 Å². The average molecular weight is 479 g/mol. The van der Waals surface area contributed by atoms with E-state index >= 15 is 0 Å². The second kappa shape index (κ2) is 10.1. The topological polar surface area (TPSA) is 95.9 Å². The van der Waals surface area contributed by atoms with Gasteiger partial charge in [-0.2, -0.15) is 0 Å². The van der Waals surface area contributed by atoms with Crippen LogP contribution in [0.4, 0.5) is 4.79 Å². The van der Waals surface area contributed by atoms with Crippen LogP contribution < -0.4 is 5.32 Å². The normalized spacial score (nSPS) is 17.4. The molecule has 1 unspecified atom stereocenters. The fourth-order valence-corrected chi connectivity index (χ4v) is 5.03. The summed E-state index contributed by atoms with van der Waals surface area (Å²) < 4.78 is 5.66. The molecule has 7 heteroatoms. The zero-order valence-electron chi connectivity index (χ0n) is 20.6. The van der Waals surface area contributed by atoms with Crippen molar-refractivity contribution in [3.05, 3.63) is 59.7 Å². The van der Waals surface area contributed by atoms with Crippen LogP contribution >= 0.6 is 0 Å². The fourth-order valence-electron chi connectivity index (χ4n) is 5.03. The van der Waals surface area contributed by atoms with Crippen LogP contribution in [-0.2, 0) is 14.3 Å². The molecule has 4 rings (SSSR count). The van der Waals surface area contributed by atoms with E-state index in [4.69, 9.17) is 4.74 Å². The van der Waals surface area contributed by atoms with Crippen molar-refractivity contribution in [3.8, 4) is 11.1 Å². The molecule has 2 aromatic rings. The molecule has 35 heavy (non-hydrogen) atoms. The maximum absolute atomic E-state index is 12.9. The first-order chi connectivity index (χ1) is 16.7. The van der Waals surface area contributed by atoms with Crippen molar-refractivity contribution in [2.45, 2.75) is 52.0 Å². The number of likely N-dealkylation sites (tertiary alicyclic amines) is 1. The third-order valence-corrected chi connectivity index (χ3v) is 7.58. The maximum atomic E-state index is 12.9. The minimum absolute atomic E-state index is 0.0239. The molecule has 7 nitrogen and oxygen atoms in total. The summed E-state index contributed by atoms with van der Waals surface area (Å²) in [4.78, 5) is 38.8. The van der Waals surface area contributed by atoms with E-state index in [-0.39, 0.29) is 36.8 Å². The van der Waals surface area contributed by atoms with Gasteiger partial charge < -0.3 is 20.1 Å². The highest BCUT2D eigenvalue weighted by atomic mass is 16.5. The van der Waals surface area contributed by atoms with Crippen LogP contribution in [0, 0.1) is 11.3 Å². The molecule has 1 fully saturated rings. The SMILES string of the molecule is CC(C)C(CC(=O)N1CCC(C)(C(=O)O)CC1)NC(=O)OCC1c2ccccc2-c2ccccc21. The quantitative estimate of drug-likeness (QED) is 0.604. The lowest BCUT2D eigenvalue weighted by molar-refractivity contribution is -0.153. The maximum Gasteiger partial charge on any atom is 0.407 e. The number of hydrogen-bond acceptors (Lipinski definition) is 4. The Hall–Kier alpha value is -3.35. The number of hydrogen-bond donors (Lipinski definition) is 2. The first kappa shape index (κ1) is 24.8. The highest BCUT2D eigenvalue weighted by molar-refractivity contribution is 5.80. The number of ether oxygens (including phenoxy) is 1. The number of nitrogens with zero attached hydrogens (tertiary/aromatic N) is 1. The van der Waals surface area contributed by atoms with E-state index in [2.05, 4.69) is 29.6 Å². The molecule has 1 saturated heterocycles. The van der Waals surface area contributed by atoms with Gasteiger partial charge >= 0.3 is 12.1 Å². The number of carboxylic acid groups (broad SMARTS) is 1. The Balaban J connectivity index is 1.34. The van der Waals surface area contributed by atoms with Crippen molar-refractivity contribution in [2.75, 3.05) is 19.7 Å². The number of amides is 2. The lowest BCUT2D eigenvalue weighted by Gasteiger charge is -2.37. The molecule has 0 aromatic heterocycles. The van der Waals surface area contributed by atoms with E-state index in [1.54, 1.807) is 11.8 Å². The molecule has 186 valence electrons. The van der Waals surface area contributed by atoms with Gasteiger partial charge in [0, 0.05) is 31.5 Å². The highest BCUT2D eigenvalue weighted by Crippen LogP contribution is 2.44. The summed E-state index contributed by atoms with van der Waals surface area (Å²) in [5, 5.41) is 12.3. The lowest BCUT2D eigenvalue weighted by Crippen LogP contribution is -2.48. The fraction of sp³-hybridized carbons (Fsp3) is 0.464. The van der Waals surface area contributed by atoms with Crippen molar-refractivity contribution in [2.24, 2.45) is 11.3 Å². The molecule has 2 aromatic carbocycles. The zero-order valence-corrected chi connectivity index (χ0v) is 20.6. The summed E-state index contributed by atoms with van der Waals surface area (Å²) in [6, 6.07) is 16.0. The van der Waals surface area contributed by atoms with E-state index in [1.807, 2.05) is 38.1 Å². The second-order valence-corrected chi connectivity index (χ2v) is 10.3. The number of piperidine rings is 1. The second-order valence-electron chi connectivity index (χ2n) is 10.3. The van der Waals surface area contributed by atoms with Gasteiger partial charge in [0.05, 0.1) is 5.41 Å². The number of benzene rings is 2. The largest absolute Gasteiger partial charge is 0.481 e. The van der Waals surface area contributed by atoms with E-state index < -0.39 is 17.5 Å². The van der Waals surface area contributed by atoms with Crippen molar-refractivity contribution in [1.29, 1.82) is 0 Å². The summed E-state index contributed by atoms with van der Waals surface area (Å²) >= 11 is 0. The Labute approximate surface area is 206 Å². The number of carbonyl (C=O) groups is 3. The number of alkyl carbamates (subject to hydrolysis) is 1. The molecule has 0 bridgehead atoms. The van der Waals surface area contributed by atoms with Crippen LogP contribution in [0.1, 0.15) is 57.1 Å². The minimum Gasteiger partial charge on any atom is -0.481 e. The minimum atomic E-state index is -0.818. The van der Waals surface area contributed by atoms with Crippen LogP contribution in [-0.4, -0.2) is 53.7 Å². The van der Waals surface area contributed by atoms with Crippen LogP contribution in [0.2, 0.25) is 0 Å². The Kier molecular flexibility index (Phi) is 7.15. The van der Waals surface area contributed by atoms with Gasteiger partial charge in [-0.1, -0.05) is 62.4 Å². The summed E-state index contributed by atoms with van der Waals surface area (Å²) in [5.41, 5.74) is 3.85. The van der Waals surface area contributed by atoms with Crippen molar-refractivity contribution in [3.63, 3.8) is 0 Å². The predicted molar refractivity (Wildman–Crippen MR) is 133 cm³/mol. The smallest absolute Gasteiger partial charge is 0.407 e.